The van der Waals surface area contributed by atoms with Crippen molar-refractivity contribution >= 4 is 35.0 Å². The van der Waals surface area contributed by atoms with E-state index in [4.69, 9.17) is 16.6 Å². The van der Waals surface area contributed by atoms with Crippen LogP contribution in [0.5, 0.6) is 0 Å². The summed E-state index contributed by atoms with van der Waals surface area (Å²) >= 11 is 6.32. The Hall–Kier alpha value is -3.50. The van der Waals surface area contributed by atoms with Gasteiger partial charge in [-0.15, -0.1) is 10.6 Å². The quantitative estimate of drug-likeness (QED) is 0.308. The summed E-state index contributed by atoms with van der Waals surface area (Å²) < 4.78 is 0. The van der Waals surface area contributed by atoms with Crippen LogP contribution in [0.2, 0.25) is 5.02 Å². The summed E-state index contributed by atoms with van der Waals surface area (Å²) in [5.41, 5.74) is 10.3. The van der Waals surface area contributed by atoms with Gasteiger partial charge in [0.15, 0.2) is 5.84 Å². The number of hydrazine groups is 2. The molecule has 0 radical (unpaired) electrons. The van der Waals surface area contributed by atoms with E-state index in [1.54, 1.807) is 18.5 Å². The number of rotatable bonds is 8. The van der Waals surface area contributed by atoms with Gasteiger partial charge in [-0.3, -0.25) is 25.0 Å². The van der Waals surface area contributed by atoms with Crippen LogP contribution in [-0.4, -0.2) is 45.5 Å². The monoisotopic (exact) mass is 620 g/mol. The van der Waals surface area contributed by atoms with Gasteiger partial charge in [0.1, 0.15) is 11.4 Å². The Morgan fingerprint density at radius 1 is 1.11 bits per heavy atom. The van der Waals surface area contributed by atoms with E-state index < -0.39 is 5.66 Å². The molecule has 4 N–H and O–H groups in total. The first kappa shape index (κ1) is 31.9. The minimum atomic E-state index is -0.647. The van der Waals surface area contributed by atoms with Crippen LogP contribution in [0.4, 0.5) is 0 Å². The van der Waals surface area contributed by atoms with Crippen LogP contribution >= 0.6 is 11.6 Å². The minimum absolute atomic E-state index is 0.0686. The largest absolute Gasteiger partial charge is 0.345 e. The van der Waals surface area contributed by atoms with Crippen LogP contribution in [0.1, 0.15) is 108 Å². The van der Waals surface area contributed by atoms with E-state index in [1.807, 2.05) is 24.3 Å². The molecule has 1 aromatic carbocycles. The standard InChI is InChI=1S/C33H45ClN8O2/c1-31(2,3)14-13-26(21-7-9-22(10-8-21)29(43)36-20-27-38-40-41-39-27)42-30(44)28(23-17-25(34)19-35-18-23)37-33(42)15-11-24(12-16-33)32(4,5)6/h7-10,17-19,24,26,40-41H,11-16,20H2,1-6H3,(H,36,43)(H,38,39)/t24?,26-,33?/m1/s1. The fourth-order valence-corrected chi connectivity index (χ4v) is 6.69. The van der Waals surface area contributed by atoms with Crippen LogP contribution in [0.3, 0.4) is 0 Å². The Morgan fingerprint density at radius 2 is 1.82 bits per heavy atom. The summed E-state index contributed by atoms with van der Waals surface area (Å²) in [5, 5.41) is 7.34. The smallest absolute Gasteiger partial charge is 0.275 e. The van der Waals surface area contributed by atoms with Crippen molar-refractivity contribution in [1.29, 1.82) is 0 Å². The second-order valence-corrected chi connectivity index (χ2v) is 14.9. The molecule has 236 valence electrons. The third kappa shape index (κ3) is 7.07. The molecule has 2 amide bonds. The lowest BCUT2D eigenvalue weighted by Crippen LogP contribution is -2.51. The fraction of sp³-hybridized carbons (Fsp3) is 0.545. The molecule has 1 fully saturated rings. The van der Waals surface area contributed by atoms with Crippen LogP contribution in [0.15, 0.2) is 52.8 Å². The molecule has 1 aliphatic carbocycles. The molecule has 1 aromatic heterocycles. The van der Waals surface area contributed by atoms with Gasteiger partial charge >= 0.3 is 0 Å². The van der Waals surface area contributed by atoms with Gasteiger partial charge in [-0.1, -0.05) is 65.3 Å². The molecule has 0 bridgehead atoms. The first-order chi connectivity index (χ1) is 20.8. The molecule has 1 spiro atoms. The molecule has 5 rings (SSSR count). The number of aliphatic imine (C=N–C) groups is 1. The van der Waals surface area contributed by atoms with Crippen molar-refractivity contribution in [2.24, 2.45) is 26.8 Å². The zero-order valence-electron chi connectivity index (χ0n) is 26.6. The highest BCUT2D eigenvalue weighted by molar-refractivity contribution is 6.47. The number of carbonyl (C=O) groups is 2. The van der Waals surface area contributed by atoms with Gasteiger partial charge in [0.05, 0.1) is 17.6 Å². The van der Waals surface area contributed by atoms with E-state index in [2.05, 4.69) is 78.3 Å². The van der Waals surface area contributed by atoms with Gasteiger partial charge in [-0.2, -0.15) is 0 Å². The van der Waals surface area contributed by atoms with Gasteiger partial charge in [0.25, 0.3) is 11.8 Å². The normalized spacial score (nSPS) is 22.8. The van der Waals surface area contributed by atoms with E-state index >= 15 is 0 Å². The molecular formula is C33H45ClN8O2. The summed E-state index contributed by atoms with van der Waals surface area (Å²) in [7, 11) is 0. The van der Waals surface area contributed by atoms with Crippen molar-refractivity contribution in [2.75, 3.05) is 6.54 Å². The maximum atomic E-state index is 14.5. The average molecular weight is 621 g/mol. The van der Waals surface area contributed by atoms with Crippen LogP contribution < -0.4 is 21.8 Å². The number of hydrogen-bond acceptors (Lipinski definition) is 8. The van der Waals surface area contributed by atoms with Crippen molar-refractivity contribution in [3.8, 4) is 0 Å². The van der Waals surface area contributed by atoms with E-state index in [-0.39, 0.29) is 35.2 Å². The van der Waals surface area contributed by atoms with Gasteiger partial charge in [0.2, 0.25) is 0 Å². The number of amides is 2. The number of aromatic nitrogens is 1. The highest BCUT2D eigenvalue weighted by Gasteiger charge is 2.52. The van der Waals surface area contributed by atoms with Gasteiger partial charge in [-0.05, 0) is 79.0 Å². The Bertz CT molecular complexity index is 1430. The fourth-order valence-electron chi connectivity index (χ4n) is 6.52. The van der Waals surface area contributed by atoms with Crippen LogP contribution in [0, 0.1) is 16.7 Å². The zero-order chi connectivity index (χ0) is 31.7. The van der Waals surface area contributed by atoms with Crippen molar-refractivity contribution < 1.29 is 9.59 Å². The van der Waals surface area contributed by atoms with Crippen molar-refractivity contribution in [1.82, 2.24) is 31.7 Å². The van der Waals surface area contributed by atoms with Crippen LogP contribution in [0.25, 0.3) is 0 Å². The Morgan fingerprint density at radius 3 is 2.41 bits per heavy atom. The third-order valence-electron chi connectivity index (χ3n) is 9.09. The summed E-state index contributed by atoms with van der Waals surface area (Å²) in [4.78, 5) is 39.0. The lowest BCUT2D eigenvalue weighted by Gasteiger charge is -2.47. The Labute approximate surface area is 265 Å². The van der Waals surface area contributed by atoms with E-state index in [9.17, 15) is 9.59 Å². The number of nitrogens with zero attached hydrogens (tertiary/aromatic N) is 4. The molecule has 44 heavy (non-hydrogen) atoms. The molecule has 10 nitrogen and oxygen atoms in total. The molecule has 2 aliphatic heterocycles. The van der Waals surface area contributed by atoms with Gasteiger partial charge in [0, 0.05) is 23.5 Å². The number of pyridine rings is 1. The molecule has 1 atom stereocenters. The number of benzene rings is 1. The van der Waals surface area contributed by atoms with E-state index in [0.29, 0.717) is 33.6 Å². The van der Waals surface area contributed by atoms with Crippen LogP contribution in [-0.2, 0) is 4.79 Å². The van der Waals surface area contributed by atoms with E-state index in [0.717, 1.165) is 44.1 Å². The maximum absolute atomic E-state index is 14.5. The average Bonchev–Trinajstić information content (AvgIpc) is 3.58. The van der Waals surface area contributed by atoms with Crippen molar-refractivity contribution in [3.05, 3.63) is 64.4 Å². The number of hydrogen-bond donors (Lipinski definition) is 4. The third-order valence-corrected chi connectivity index (χ3v) is 9.29. The summed E-state index contributed by atoms with van der Waals surface area (Å²) in [6.45, 7) is 13.8. The first-order valence-electron chi connectivity index (χ1n) is 15.5. The van der Waals surface area contributed by atoms with E-state index in [1.165, 1.54) is 0 Å². The Balaban J connectivity index is 1.48. The second kappa shape index (κ2) is 12.5. The highest BCUT2D eigenvalue weighted by atomic mass is 35.5. The molecule has 1 saturated carbocycles. The first-order valence-corrected chi connectivity index (χ1v) is 15.9. The van der Waals surface area contributed by atoms with Crippen molar-refractivity contribution in [2.45, 2.75) is 91.8 Å². The number of amidine groups is 1. The molecular weight excluding hydrogens is 576 g/mol. The number of halogens is 1. The minimum Gasteiger partial charge on any atom is -0.345 e. The molecule has 0 unspecified atom stereocenters. The topological polar surface area (TPSA) is 123 Å². The second-order valence-electron chi connectivity index (χ2n) is 14.5. The maximum Gasteiger partial charge on any atom is 0.275 e. The lowest BCUT2D eigenvalue weighted by atomic mass is 9.69. The Kier molecular flexibility index (Phi) is 9.05. The number of nitrogens with one attached hydrogen (secondary N) is 4. The predicted molar refractivity (Wildman–Crippen MR) is 174 cm³/mol. The van der Waals surface area contributed by atoms with Gasteiger partial charge < -0.3 is 10.2 Å². The summed E-state index contributed by atoms with van der Waals surface area (Å²) in [6, 6.07) is 9.20. The van der Waals surface area contributed by atoms with Crippen molar-refractivity contribution in [3.63, 3.8) is 0 Å². The van der Waals surface area contributed by atoms with Gasteiger partial charge in [-0.25, -0.2) is 5.53 Å². The summed E-state index contributed by atoms with van der Waals surface area (Å²) in [5.74, 6) is 0.852. The molecule has 2 aromatic rings. The molecule has 3 aliphatic rings. The zero-order valence-corrected chi connectivity index (χ0v) is 27.4. The lowest BCUT2D eigenvalue weighted by molar-refractivity contribution is -0.134. The predicted octanol–water partition coefficient (Wildman–Crippen LogP) is 5.52. The summed E-state index contributed by atoms with van der Waals surface area (Å²) in [6.07, 6.45) is 8.52. The molecule has 3 heterocycles. The number of hydrazone groups is 1. The molecule has 0 saturated heterocycles. The highest BCUT2D eigenvalue weighted by Crippen LogP contribution is 2.50. The number of carbonyl (C=O) groups excluding carboxylic acids is 2. The SMILES string of the molecule is CC(C)(C)CC[C@H](c1ccc(C(=O)NCC2=NNNN2)cc1)N1C(=O)C(c2cncc(Cl)c2)=NC12CCC(C(C)(C)C)CC2. The molecule has 11 heteroatoms.